The molecule has 1 fully saturated rings. The Balaban J connectivity index is 1.57. The number of benzene rings is 2. The topological polar surface area (TPSA) is 99.8 Å². The Labute approximate surface area is 149 Å². The van der Waals surface area contributed by atoms with Crippen molar-refractivity contribution in [2.75, 3.05) is 6.61 Å². The number of nitrogens with zero attached hydrogens (tertiary/aromatic N) is 2. The summed E-state index contributed by atoms with van der Waals surface area (Å²) in [4.78, 5) is 20.7. The molecule has 0 radical (unpaired) electrons. The van der Waals surface area contributed by atoms with Gasteiger partial charge in [0, 0.05) is 0 Å². The summed E-state index contributed by atoms with van der Waals surface area (Å²) in [6.45, 7) is -0.160. The van der Waals surface area contributed by atoms with Crippen LogP contribution in [0.1, 0.15) is 17.2 Å². The van der Waals surface area contributed by atoms with E-state index in [0.29, 0.717) is 17.2 Å². The molecule has 2 aromatic carbocycles. The molecule has 1 atom stereocenters. The summed E-state index contributed by atoms with van der Waals surface area (Å²) in [6.07, 6.45) is 3.09. The molecule has 7 nitrogen and oxygen atoms in total. The van der Waals surface area contributed by atoms with Crippen LogP contribution in [0.3, 0.4) is 0 Å². The van der Waals surface area contributed by atoms with Gasteiger partial charge in [0.05, 0.1) is 6.61 Å². The Kier molecular flexibility index (Phi) is 4.20. The van der Waals surface area contributed by atoms with Crippen LogP contribution in [0, 0.1) is 0 Å². The molecule has 1 aromatic heterocycles. The monoisotopic (exact) mass is 348 g/mol. The van der Waals surface area contributed by atoms with E-state index in [-0.39, 0.29) is 12.5 Å². The van der Waals surface area contributed by atoms with E-state index >= 15 is 0 Å². The molecule has 1 saturated heterocycles. The van der Waals surface area contributed by atoms with E-state index < -0.39 is 6.04 Å². The number of aliphatic hydroxyl groups excluding tert-OH is 1. The van der Waals surface area contributed by atoms with E-state index in [9.17, 15) is 9.90 Å². The number of aliphatic hydroxyl groups is 1. The second-order valence-corrected chi connectivity index (χ2v) is 5.80. The number of oxazole rings is 1. The third-order valence-corrected chi connectivity index (χ3v) is 4.04. The summed E-state index contributed by atoms with van der Waals surface area (Å²) in [5.74, 6) is 0.0241. The van der Waals surface area contributed by atoms with Gasteiger partial charge in [-0.05, 0) is 29.3 Å². The highest BCUT2D eigenvalue weighted by Gasteiger charge is 2.23. The molecule has 2 heterocycles. The molecule has 4 rings (SSSR count). The molecule has 7 heteroatoms. The Morgan fingerprint density at radius 1 is 1.19 bits per heavy atom. The van der Waals surface area contributed by atoms with Crippen LogP contribution in [-0.2, 0) is 4.79 Å². The molecule has 0 saturated carbocycles. The van der Waals surface area contributed by atoms with E-state index in [1.54, 1.807) is 12.1 Å². The SMILES string of the molecule is O=C1NC(=N[C@H](CO)c2ccccc2)N/C1=C\c1ccc2ncoc2c1. The first kappa shape index (κ1) is 16.0. The second kappa shape index (κ2) is 6.81. The lowest BCUT2D eigenvalue weighted by Gasteiger charge is -2.10. The number of hydrogen-bond donors (Lipinski definition) is 3. The normalized spacial score (nSPS) is 18.3. The summed E-state index contributed by atoms with van der Waals surface area (Å²) >= 11 is 0. The Bertz CT molecular complexity index is 1010. The van der Waals surface area contributed by atoms with Crippen molar-refractivity contribution in [2.24, 2.45) is 4.99 Å². The van der Waals surface area contributed by atoms with Gasteiger partial charge in [0.15, 0.2) is 12.0 Å². The van der Waals surface area contributed by atoms with E-state index in [2.05, 4.69) is 20.6 Å². The van der Waals surface area contributed by atoms with Crippen molar-refractivity contribution in [3.63, 3.8) is 0 Å². The van der Waals surface area contributed by atoms with E-state index in [1.165, 1.54) is 6.39 Å². The van der Waals surface area contributed by atoms with Crippen molar-refractivity contribution in [2.45, 2.75) is 6.04 Å². The molecule has 0 spiro atoms. The predicted octanol–water partition coefficient (Wildman–Crippen LogP) is 1.98. The first-order valence-electron chi connectivity index (χ1n) is 8.10. The summed E-state index contributed by atoms with van der Waals surface area (Å²) in [7, 11) is 0. The molecule has 1 aliphatic heterocycles. The summed E-state index contributed by atoms with van der Waals surface area (Å²) in [6, 6.07) is 14.4. The van der Waals surface area contributed by atoms with Crippen molar-refractivity contribution >= 4 is 29.0 Å². The zero-order chi connectivity index (χ0) is 17.9. The molecule has 0 unspecified atom stereocenters. The van der Waals surface area contributed by atoms with Gasteiger partial charge in [-0.3, -0.25) is 10.1 Å². The van der Waals surface area contributed by atoms with Gasteiger partial charge < -0.3 is 14.8 Å². The van der Waals surface area contributed by atoms with Crippen molar-refractivity contribution in [1.82, 2.24) is 15.6 Å². The van der Waals surface area contributed by atoms with E-state index in [4.69, 9.17) is 4.42 Å². The van der Waals surface area contributed by atoms with Gasteiger partial charge in [-0.15, -0.1) is 0 Å². The third-order valence-electron chi connectivity index (χ3n) is 4.04. The minimum atomic E-state index is -0.455. The van der Waals surface area contributed by atoms with E-state index in [1.807, 2.05) is 42.5 Å². The molecular formula is C19H16N4O3. The number of aromatic nitrogens is 1. The summed E-state index contributed by atoms with van der Waals surface area (Å²) in [5.41, 5.74) is 3.44. The maximum absolute atomic E-state index is 12.2. The molecule has 0 bridgehead atoms. The average Bonchev–Trinajstić information content (AvgIpc) is 3.26. The first-order chi connectivity index (χ1) is 12.7. The fourth-order valence-corrected chi connectivity index (χ4v) is 2.74. The lowest BCUT2D eigenvalue weighted by Crippen LogP contribution is -2.26. The lowest BCUT2D eigenvalue weighted by atomic mass is 10.1. The predicted molar refractivity (Wildman–Crippen MR) is 97.0 cm³/mol. The number of carbonyl (C=O) groups excluding carboxylic acids is 1. The van der Waals surface area contributed by atoms with Gasteiger partial charge in [0.25, 0.3) is 5.91 Å². The van der Waals surface area contributed by atoms with Crippen LogP contribution in [0.2, 0.25) is 0 Å². The van der Waals surface area contributed by atoms with Gasteiger partial charge in [-0.2, -0.15) is 0 Å². The van der Waals surface area contributed by atoms with Crippen LogP contribution in [0.4, 0.5) is 0 Å². The van der Waals surface area contributed by atoms with Gasteiger partial charge >= 0.3 is 0 Å². The first-order valence-corrected chi connectivity index (χ1v) is 8.10. The third kappa shape index (κ3) is 3.20. The van der Waals surface area contributed by atoms with Gasteiger partial charge in [-0.1, -0.05) is 36.4 Å². The van der Waals surface area contributed by atoms with Crippen molar-refractivity contribution in [3.8, 4) is 0 Å². The highest BCUT2D eigenvalue weighted by molar-refractivity contribution is 6.15. The Hall–Kier alpha value is -3.45. The molecular weight excluding hydrogens is 332 g/mol. The maximum atomic E-state index is 12.2. The van der Waals surface area contributed by atoms with Crippen LogP contribution in [0.25, 0.3) is 17.2 Å². The molecule has 1 aliphatic rings. The zero-order valence-electron chi connectivity index (χ0n) is 13.7. The summed E-state index contributed by atoms with van der Waals surface area (Å²) < 4.78 is 5.27. The second-order valence-electron chi connectivity index (χ2n) is 5.80. The van der Waals surface area contributed by atoms with Gasteiger partial charge in [0.1, 0.15) is 17.3 Å². The number of amides is 1. The van der Waals surface area contributed by atoms with Gasteiger partial charge in [0.2, 0.25) is 5.96 Å². The number of fused-ring (bicyclic) bond motifs is 1. The van der Waals surface area contributed by atoms with Crippen LogP contribution >= 0.6 is 0 Å². The van der Waals surface area contributed by atoms with Crippen molar-refractivity contribution in [1.29, 1.82) is 0 Å². The van der Waals surface area contributed by atoms with Crippen LogP contribution < -0.4 is 10.6 Å². The number of rotatable bonds is 4. The van der Waals surface area contributed by atoms with Crippen molar-refractivity contribution < 1.29 is 14.3 Å². The Morgan fingerprint density at radius 2 is 2.04 bits per heavy atom. The molecule has 3 N–H and O–H groups in total. The minimum absolute atomic E-state index is 0.160. The number of nitrogens with one attached hydrogen (secondary N) is 2. The molecule has 0 aliphatic carbocycles. The van der Waals surface area contributed by atoms with E-state index in [0.717, 1.165) is 16.6 Å². The standard InChI is InChI=1S/C19H16N4O3/c24-10-16(13-4-2-1-3-5-13)22-19-21-15(18(25)23-19)8-12-6-7-14-17(9-12)26-11-20-14/h1-9,11,16,24H,10H2,(H2,21,22,23,25)/b15-8-/t16-/m1/s1. The highest BCUT2D eigenvalue weighted by Crippen LogP contribution is 2.19. The summed E-state index contributed by atoms with van der Waals surface area (Å²) in [5, 5.41) is 15.2. The van der Waals surface area contributed by atoms with Gasteiger partial charge in [-0.25, -0.2) is 9.98 Å². The largest absolute Gasteiger partial charge is 0.443 e. The van der Waals surface area contributed by atoms with Crippen LogP contribution in [0.15, 0.2) is 70.0 Å². The molecule has 1 amide bonds. The number of aliphatic imine (C=N–C) groups is 1. The van der Waals surface area contributed by atoms with Crippen molar-refractivity contribution in [3.05, 3.63) is 71.7 Å². The number of hydrogen-bond acceptors (Lipinski definition) is 5. The zero-order valence-corrected chi connectivity index (χ0v) is 13.7. The molecule has 26 heavy (non-hydrogen) atoms. The number of carbonyl (C=O) groups is 1. The molecule has 3 aromatic rings. The minimum Gasteiger partial charge on any atom is -0.443 e. The smallest absolute Gasteiger partial charge is 0.274 e. The fourth-order valence-electron chi connectivity index (χ4n) is 2.74. The highest BCUT2D eigenvalue weighted by atomic mass is 16.3. The Morgan fingerprint density at radius 3 is 2.85 bits per heavy atom. The molecule has 130 valence electrons. The lowest BCUT2D eigenvalue weighted by molar-refractivity contribution is -0.115. The fraction of sp³-hybridized carbons (Fsp3) is 0.105. The van der Waals surface area contributed by atoms with Crippen LogP contribution in [0.5, 0.6) is 0 Å². The number of guanidine groups is 1. The quantitative estimate of drug-likeness (QED) is 0.626. The average molecular weight is 348 g/mol. The maximum Gasteiger partial charge on any atom is 0.274 e. The van der Waals surface area contributed by atoms with Crippen LogP contribution in [-0.4, -0.2) is 28.6 Å².